The Hall–Kier alpha value is -0.610. The molecule has 2 aliphatic rings. The molecule has 0 aromatic carbocycles. The Kier molecular flexibility index (Phi) is 3.82. The molecule has 0 spiro atoms. The summed E-state index contributed by atoms with van der Waals surface area (Å²) in [4.78, 5) is 13.9. The highest BCUT2D eigenvalue weighted by molar-refractivity contribution is 5.73. The number of ether oxygens (including phenoxy) is 1. The highest BCUT2D eigenvalue weighted by Gasteiger charge is 2.36. The van der Waals surface area contributed by atoms with Gasteiger partial charge in [0.2, 0.25) is 0 Å². The average molecular weight is 227 g/mol. The minimum absolute atomic E-state index is 0.240. The summed E-state index contributed by atoms with van der Waals surface area (Å²) in [5, 5.41) is 9.81. The molecule has 1 aliphatic heterocycles. The molecule has 1 N–H and O–H groups in total. The molecule has 1 heterocycles. The molecule has 4 heteroatoms. The van der Waals surface area contributed by atoms with Crippen LogP contribution < -0.4 is 0 Å². The van der Waals surface area contributed by atoms with Crippen molar-refractivity contribution in [2.45, 2.75) is 32.3 Å². The number of rotatable bonds is 4. The maximum Gasteiger partial charge on any atom is 0.312 e. The first-order valence-corrected chi connectivity index (χ1v) is 6.27. The fourth-order valence-electron chi connectivity index (χ4n) is 2.32. The van der Waals surface area contributed by atoms with Crippen molar-refractivity contribution in [2.24, 2.45) is 11.8 Å². The molecule has 0 radical (unpaired) electrons. The van der Waals surface area contributed by atoms with Gasteiger partial charge in [-0.1, -0.05) is 0 Å². The number of carbonyl (C=O) groups excluding carboxylic acids is 1. The van der Waals surface area contributed by atoms with Gasteiger partial charge in [0, 0.05) is 19.6 Å². The topological polar surface area (TPSA) is 49.8 Å². The molecule has 1 saturated carbocycles. The number of hydrogen-bond acceptors (Lipinski definition) is 4. The van der Waals surface area contributed by atoms with Crippen molar-refractivity contribution >= 4 is 5.97 Å². The van der Waals surface area contributed by atoms with Crippen LogP contribution in [0.3, 0.4) is 0 Å². The predicted octanol–water partition coefficient (Wildman–Crippen LogP) is 0.642. The van der Waals surface area contributed by atoms with E-state index in [2.05, 4.69) is 4.90 Å². The van der Waals surface area contributed by atoms with Gasteiger partial charge in [-0.3, -0.25) is 4.79 Å². The first-order valence-electron chi connectivity index (χ1n) is 6.27. The number of hydrogen-bond donors (Lipinski definition) is 1. The molecule has 2 rings (SSSR count). The summed E-state index contributed by atoms with van der Waals surface area (Å²) < 4.78 is 5.00. The standard InChI is InChI=1S/C12H21NO3/c1-2-16-12(15)10-8-13(6-5-11(10)14)7-9-3-4-9/h9-11,14H,2-8H2,1H3. The van der Waals surface area contributed by atoms with E-state index in [0.29, 0.717) is 19.6 Å². The van der Waals surface area contributed by atoms with Crippen molar-refractivity contribution < 1.29 is 14.6 Å². The summed E-state index contributed by atoms with van der Waals surface area (Å²) in [6, 6.07) is 0. The Morgan fingerprint density at radius 2 is 2.19 bits per heavy atom. The molecule has 16 heavy (non-hydrogen) atoms. The Labute approximate surface area is 96.6 Å². The number of carbonyl (C=O) groups is 1. The maximum absolute atomic E-state index is 11.6. The van der Waals surface area contributed by atoms with E-state index in [1.165, 1.54) is 12.8 Å². The summed E-state index contributed by atoms with van der Waals surface area (Å²) in [5.41, 5.74) is 0. The van der Waals surface area contributed by atoms with Crippen LogP contribution in [0.2, 0.25) is 0 Å². The lowest BCUT2D eigenvalue weighted by Crippen LogP contribution is -2.47. The highest BCUT2D eigenvalue weighted by Crippen LogP contribution is 2.31. The van der Waals surface area contributed by atoms with E-state index in [9.17, 15) is 9.90 Å². The zero-order valence-electron chi connectivity index (χ0n) is 9.89. The minimum atomic E-state index is -0.519. The maximum atomic E-state index is 11.6. The first-order chi connectivity index (χ1) is 7.70. The van der Waals surface area contributed by atoms with Gasteiger partial charge in [0.25, 0.3) is 0 Å². The molecule has 2 fully saturated rings. The van der Waals surface area contributed by atoms with Crippen molar-refractivity contribution in [2.75, 3.05) is 26.2 Å². The van der Waals surface area contributed by atoms with Crippen LogP contribution in [-0.2, 0) is 9.53 Å². The number of aliphatic hydroxyl groups is 1. The van der Waals surface area contributed by atoms with Gasteiger partial charge < -0.3 is 14.7 Å². The van der Waals surface area contributed by atoms with E-state index in [4.69, 9.17) is 4.74 Å². The van der Waals surface area contributed by atoms with Gasteiger partial charge in [-0.15, -0.1) is 0 Å². The normalized spacial score (nSPS) is 31.4. The summed E-state index contributed by atoms with van der Waals surface area (Å²) in [7, 11) is 0. The second-order valence-corrected chi connectivity index (χ2v) is 4.92. The molecule has 92 valence electrons. The monoisotopic (exact) mass is 227 g/mol. The molecule has 0 aromatic rings. The van der Waals surface area contributed by atoms with Gasteiger partial charge in [-0.2, -0.15) is 0 Å². The highest BCUT2D eigenvalue weighted by atomic mass is 16.5. The van der Waals surface area contributed by atoms with Crippen LogP contribution in [0.25, 0.3) is 0 Å². The van der Waals surface area contributed by atoms with Crippen LogP contribution in [0, 0.1) is 11.8 Å². The number of piperidine rings is 1. The largest absolute Gasteiger partial charge is 0.466 e. The molecule has 0 aromatic heterocycles. The lowest BCUT2D eigenvalue weighted by molar-refractivity contribution is -0.155. The summed E-state index contributed by atoms with van der Waals surface area (Å²) >= 11 is 0. The van der Waals surface area contributed by atoms with Crippen molar-refractivity contribution in [3.8, 4) is 0 Å². The Morgan fingerprint density at radius 3 is 2.81 bits per heavy atom. The molecule has 0 amide bonds. The fraction of sp³-hybridized carbons (Fsp3) is 0.917. The second kappa shape index (κ2) is 5.15. The van der Waals surface area contributed by atoms with Crippen LogP contribution in [0.1, 0.15) is 26.2 Å². The van der Waals surface area contributed by atoms with E-state index in [-0.39, 0.29) is 11.9 Å². The first kappa shape index (κ1) is 11.9. The van der Waals surface area contributed by atoms with Crippen LogP contribution in [0.4, 0.5) is 0 Å². The van der Waals surface area contributed by atoms with Gasteiger partial charge >= 0.3 is 5.97 Å². The van der Waals surface area contributed by atoms with Crippen molar-refractivity contribution in [3.05, 3.63) is 0 Å². The number of likely N-dealkylation sites (tertiary alicyclic amines) is 1. The zero-order valence-corrected chi connectivity index (χ0v) is 9.89. The molecule has 2 unspecified atom stereocenters. The van der Waals surface area contributed by atoms with E-state index >= 15 is 0 Å². The Morgan fingerprint density at radius 1 is 1.44 bits per heavy atom. The molecular weight excluding hydrogens is 206 g/mol. The number of nitrogens with zero attached hydrogens (tertiary/aromatic N) is 1. The van der Waals surface area contributed by atoms with Crippen molar-refractivity contribution in [1.82, 2.24) is 4.90 Å². The van der Waals surface area contributed by atoms with Crippen molar-refractivity contribution in [3.63, 3.8) is 0 Å². The number of aliphatic hydroxyl groups excluding tert-OH is 1. The lowest BCUT2D eigenvalue weighted by atomic mass is 9.94. The average Bonchev–Trinajstić information content (AvgIpc) is 3.05. The quantitative estimate of drug-likeness (QED) is 0.716. The molecule has 2 atom stereocenters. The number of esters is 1. The zero-order chi connectivity index (χ0) is 11.5. The molecule has 1 aliphatic carbocycles. The van der Waals surface area contributed by atoms with Gasteiger partial charge in [0.05, 0.1) is 18.6 Å². The molecule has 4 nitrogen and oxygen atoms in total. The van der Waals surface area contributed by atoms with Crippen LogP contribution in [-0.4, -0.2) is 48.3 Å². The third-order valence-electron chi connectivity index (χ3n) is 3.46. The minimum Gasteiger partial charge on any atom is -0.466 e. The fourth-order valence-corrected chi connectivity index (χ4v) is 2.32. The molecular formula is C12H21NO3. The van der Waals surface area contributed by atoms with Gasteiger partial charge in [-0.05, 0) is 32.1 Å². The van der Waals surface area contributed by atoms with Crippen molar-refractivity contribution in [1.29, 1.82) is 0 Å². The molecule has 1 saturated heterocycles. The molecule has 0 bridgehead atoms. The third kappa shape index (κ3) is 2.95. The smallest absolute Gasteiger partial charge is 0.312 e. The second-order valence-electron chi connectivity index (χ2n) is 4.92. The Bertz CT molecular complexity index is 253. The lowest BCUT2D eigenvalue weighted by Gasteiger charge is -2.34. The SMILES string of the molecule is CCOC(=O)C1CN(CC2CC2)CCC1O. The van der Waals surface area contributed by atoms with Gasteiger partial charge in [-0.25, -0.2) is 0 Å². The van der Waals surface area contributed by atoms with E-state index < -0.39 is 6.10 Å². The predicted molar refractivity (Wildman–Crippen MR) is 59.9 cm³/mol. The van der Waals surface area contributed by atoms with E-state index in [0.717, 1.165) is 19.0 Å². The van der Waals surface area contributed by atoms with E-state index in [1.54, 1.807) is 6.92 Å². The summed E-state index contributed by atoms with van der Waals surface area (Å²) in [6.07, 6.45) is 2.82. The summed E-state index contributed by atoms with van der Waals surface area (Å²) in [5.74, 6) is 0.251. The van der Waals surface area contributed by atoms with E-state index in [1.807, 2.05) is 0 Å². The van der Waals surface area contributed by atoms with Crippen LogP contribution in [0.15, 0.2) is 0 Å². The van der Waals surface area contributed by atoms with Crippen LogP contribution in [0.5, 0.6) is 0 Å². The Balaban J connectivity index is 1.85. The van der Waals surface area contributed by atoms with Gasteiger partial charge in [0.1, 0.15) is 0 Å². The summed E-state index contributed by atoms with van der Waals surface area (Å²) in [6.45, 7) is 4.85. The third-order valence-corrected chi connectivity index (χ3v) is 3.46. The van der Waals surface area contributed by atoms with Crippen LogP contribution >= 0.6 is 0 Å². The van der Waals surface area contributed by atoms with Gasteiger partial charge in [0.15, 0.2) is 0 Å².